The summed E-state index contributed by atoms with van der Waals surface area (Å²) in [4.78, 5) is 11.1. The van der Waals surface area contributed by atoms with Crippen LogP contribution in [0, 0.1) is 0 Å². The number of urea groups is 1. The molecular formula is C10H6Cl2F6N2O3. The minimum Gasteiger partial charge on any atom is -0.429 e. The smallest absolute Gasteiger partial charge is 0.429 e. The summed E-state index contributed by atoms with van der Waals surface area (Å²) in [5.41, 5.74) is 0.0420. The predicted octanol–water partition coefficient (Wildman–Crippen LogP) is 4.63. The predicted molar refractivity (Wildman–Crippen MR) is 66.6 cm³/mol. The van der Waals surface area contributed by atoms with Crippen molar-refractivity contribution in [3.05, 3.63) is 24.3 Å². The largest absolute Gasteiger partial charge is 0.525 e. The summed E-state index contributed by atoms with van der Waals surface area (Å²) in [6.45, 7) is 0. The molecule has 0 aromatic heterocycles. The van der Waals surface area contributed by atoms with Gasteiger partial charge in [-0.05, 0) is 24.3 Å². The van der Waals surface area contributed by atoms with E-state index in [1.165, 1.54) is 0 Å². The van der Waals surface area contributed by atoms with Crippen LogP contribution in [0.4, 0.5) is 36.8 Å². The minimum atomic E-state index is -5.60. The van der Waals surface area contributed by atoms with E-state index in [1.807, 2.05) is 0 Å². The SMILES string of the molecule is O=C(Nc1ccc(OC(F)(F)C(F)OC(F)(F)F)cc1)N(Cl)Cl. The van der Waals surface area contributed by atoms with E-state index < -0.39 is 30.6 Å². The van der Waals surface area contributed by atoms with E-state index in [0.29, 0.717) is 0 Å². The van der Waals surface area contributed by atoms with Crippen molar-refractivity contribution in [1.29, 1.82) is 0 Å². The number of hydrogen-bond donors (Lipinski definition) is 1. The lowest BCUT2D eigenvalue weighted by atomic mass is 10.3. The van der Waals surface area contributed by atoms with Gasteiger partial charge in [-0.1, -0.05) is 0 Å². The van der Waals surface area contributed by atoms with E-state index >= 15 is 0 Å². The number of ether oxygens (including phenoxy) is 2. The van der Waals surface area contributed by atoms with E-state index in [-0.39, 0.29) is 9.63 Å². The monoisotopic (exact) mass is 386 g/mol. The first-order chi connectivity index (χ1) is 10.4. The summed E-state index contributed by atoms with van der Waals surface area (Å²) in [6, 6.07) is 2.75. The van der Waals surface area contributed by atoms with Gasteiger partial charge in [-0.15, -0.1) is 17.1 Å². The molecule has 13 heteroatoms. The minimum absolute atomic E-state index is 0.0420. The van der Waals surface area contributed by atoms with Crippen molar-refractivity contribution in [1.82, 2.24) is 3.94 Å². The van der Waals surface area contributed by atoms with Gasteiger partial charge >= 0.3 is 24.9 Å². The summed E-state index contributed by atoms with van der Waals surface area (Å²) >= 11 is 10.2. The number of carbonyl (C=O) groups is 1. The molecule has 1 atom stereocenters. The highest BCUT2D eigenvalue weighted by Gasteiger charge is 2.50. The second-order valence-electron chi connectivity index (χ2n) is 3.73. The van der Waals surface area contributed by atoms with Gasteiger partial charge < -0.3 is 10.1 Å². The highest BCUT2D eigenvalue weighted by Crippen LogP contribution is 2.32. The molecule has 0 aliphatic heterocycles. The van der Waals surface area contributed by atoms with Crippen molar-refractivity contribution in [2.45, 2.75) is 18.8 Å². The average molecular weight is 387 g/mol. The number of benzene rings is 1. The number of nitrogens with one attached hydrogen (secondary N) is 1. The van der Waals surface area contributed by atoms with Gasteiger partial charge in [0, 0.05) is 29.2 Å². The number of carbonyl (C=O) groups excluding carboxylic acids is 1. The van der Waals surface area contributed by atoms with E-state index in [4.69, 9.17) is 23.6 Å². The van der Waals surface area contributed by atoms with Crippen molar-refractivity contribution in [2.24, 2.45) is 0 Å². The Morgan fingerprint density at radius 2 is 1.65 bits per heavy atom. The molecule has 1 N–H and O–H groups in total. The van der Waals surface area contributed by atoms with Crippen LogP contribution in [0.1, 0.15) is 0 Å². The number of rotatable bonds is 5. The lowest BCUT2D eigenvalue weighted by molar-refractivity contribution is -0.411. The molecule has 0 fully saturated rings. The van der Waals surface area contributed by atoms with E-state index in [2.05, 4.69) is 14.8 Å². The van der Waals surface area contributed by atoms with Crippen molar-refractivity contribution in [3.63, 3.8) is 0 Å². The van der Waals surface area contributed by atoms with Crippen LogP contribution in [0.25, 0.3) is 0 Å². The van der Waals surface area contributed by atoms with Crippen molar-refractivity contribution >= 4 is 35.3 Å². The summed E-state index contributed by atoms with van der Waals surface area (Å²) in [6.07, 6.45) is -14.6. The van der Waals surface area contributed by atoms with Gasteiger partial charge in [-0.2, -0.15) is 8.78 Å². The molecular weight excluding hydrogens is 381 g/mol. The zero-order valence-corrected chi connectivity index (χ0v) is 12.1. The Morgan fingerprint density at radius 3 is 2.09 bits per heavy atom. The van der Waals surface area contributed by atoms with Crippen molar-refractivity contribution < 1.29 is 40.6 Å². The summed E-state index contributed by atoms with van der Waals surface area (Å²) in [5.74, 6) is -0.685. The van der Waals surface area contributed by atoms with E-state index in [9.17, 15) is 31.1 Å². The first-order valence-electron chi connectivity index (χ1n) is 5.39. The van der Waals surface area contributed by atoms with Crippen molar-refractivity contribution in [3.8, 4) is 5.75 Å². The standard InChI is InChI=1S/C10H6Cl2F6N2O3/c11-20(12)8(21)19-5-1-3-6(4-2-5)22-9(14,15)7(13)23-10(16,17)18/h1-4,7H,(H,19,21). The number of anilines is 1. The molecule has 2 amide bonds. The molecule has 0 saturated heterocycles. The molecule has 1 unspecified atom stereocenters. The van der Waals surface area contributed by atoms with Gasteiger partial charge in [0.2, 0.25) is 0 Å². The Morgan fingerprint density at radius 1 is 1.13 bits per heavy atom. The van der Waals surface area contributed by atoms with Crippen LogP contribution in [0.15, 0.2) is 24.3 Å². The maximum Gasteiger partial charge on any atom is 0.525 e. The second-order valence-corrected chi connectivity index (χ2v) is 4.58. The van der Waals surface area contributed by atoms with Crippen LogP contribution >= 0.6 is 23.6 Å². The molecule has 0 bridgehead atoms. The fourth-order valence-corrected chi connectivity index (χ4v) is 1.25. The molecule has 0 radical (unpaired) electrons. The first kappa shape index (κ1) is 19.5. The highest BCUT2D eigenvalue weighted by molar-refractivity contribution is 6.42. The zero-order chi connectivity index (χ0) is 17.8. The Hall–Kier alpha value is -1.59. The van der Waals surface area contributed by atoms with Gasteiger partial charge in [-0.25, -0.2) is 13.9 Å². The van der Waals surface area contributed by atoms with Crippen LogP contribution in [0.3, 0.4) is 0 Å². The van der Waals surface area contributed by atoms with Gasteiger partial charge in [0.15, 0.2) is 0 Å². The van der Waals surface area contributed by atoms with Crippen LogP contribution in [-0.4, -0.2) is 28.8 Å². The van der Waals surface area contributed by atoms with Gasteiger partial charge in [0.25, 0.3) is 0 Å². The lowest BCUT2D eigenvalue weighted by Gasteiger charge is -2.22. The summed E-state index contributed by atoms with van der Waals surface area (Å²) in [5, 5.41) is 2.12. The topological polar surface area (TPSA) is 50.8 Å². The van der Waals surface area contributed by atoms with Gasteiger partial charge in [0.1, 0.15) is 5.75 Å². The third kappa shape index (κ3) is 6.59. The fraction of sp³-hybridized carbons (Fsp3) is 0.300. The number of amides is 2. The van der Waals surface area contributed by atoms with Crippen LogP contribution in [0.2, 0.25) is 0 Å². The Bertz CT molecular complexity index is 540. The van der Waals surface area contributed by atoms with Gasteiger partial charge in [-0.3, -0.25) is 0 Å². The molecule has 0 aliphatic carbocycles. The number of nitrogens with zero attached hydrogens (tertiary/aromatic N) is 1. The summed E-state index contributed by atoms with van der Waals surface area (Å²) < 4.78 is 80.6. The normalized spacial score (nSPS) is 13.4. The zero-order valence-electron chi connectivity index (χ0n) is 10.6. The van der Waals surface area contributed by atoms with Crippen LogP contribution in [-0.2, 0) is 4.74 Å². The third-order valence-corrected chi connectivity index (χ3v) is 2.32. The first-order valence-corrected chi connectivity index (χ1v) is 6.06. The molecule has 0 heterocycles. The molecule has 1 rings (SSSR count). The Labute approximate surface area is 134 Å². The van der Waals surface area contributed by atoms with E-state index in [0.717, 1.165) is 24.3 Å². The quantitative estimate of drug-likeness (QED) is 0.592. The summed E-state index contributed by atoms with van der Waals surface area (Å²) in [7, 11) is 0. The number of hydrogen-bond acceptors (Lipinski definition) is 3. The Kier molecular flexibility index (Phi) is 6.19. The third-order valence-electron chi connectivity index (χ3n) is 2.01. The molecule has 0 saturated carbocycles. The maximum atomic E-state index is 13.1. The van der Waals surface area contributed by atoms with E-state index in [1.54, 1.807) is 0 Å². The van der Waals surface area contributed by atoms with Crippen LogP contribution in [0.5, 0.6) is 5.75 Å². The number of alkyl halides is 6. The maximum absolute atomic E-state index is 13.1. The molecule has 1 aromatic carbocycles. The Balaban J connectivity index is 2.71. The second kappa shape index (κ2) is 7.32. The van der Waals surface area contributed by atoms with Gasteiger partial charge in [0.05, 0.1) is 0 Å². The number of halogens is 8. The van der Waals surface area contributed by atoms with Crippen LogP contribution < -0.4 is 10.1 Å². The lowest BCUT2D eigenvalue weighted by Crippen LogP contribution is -2.41. The molecule has 0 aliphatic rings. The average Bonchev–Trinajstić information content (AvgIpc) is 2.38. The molecule has 23 heavy (non-hydrogen) atoms. The highest BCUT2D eigenvalue weighted by atomic mass is 35.5. The molecule has 0 spiro atoms. The molecule has 1 aromatic rings. The van der Waals surface area contributed by atoms with Crippen molar-refractivity contribution in [2.75, 3.05) is 5.32 Å². The molecule has 130 valence electrons. The molecule has 5 nitrogen and oxygen atoms in total. The fourth-order valence-electron chi connectivity index (χ4n) is 1.16.